The van der Waals surface area contributed by atoms with Crippen molar-refractivity contribution in [3.05, 3.63) is 29.3 Å². The molecule has 5 nitrogen and oxygen atoms in total. The molecule has 1 N–H and O–H groups in total. The molecule has 1 amide bonds. The number of carbonyl (C=O) groups excluding carboxylic acids is 1. The summed E-state index contributed by atoms with van der Waals surface area (Å²) in [5, 5.41) is 2.93. The molecule has 1 unspecified atom stereocenters. The van der Waals surface area contributed by atoms with Gasteiger partial charge in [-0.2, -0.15) is 0 Å². The predicted octanol–water partition coefficient (Wildman–Crippen LogP) is 2.22. The maximum absolute atomic E-state index is 12.4. The molecule has 1 aliphatic heterocycles. The normalized spacial score (nSPS) is 22.8. The van der Waals surface area contributed by atoms with Crippen molar-refractivity contribution >= 4 is 25.6 Å². The summed E-state index contributed by atoms with van der Waals surface area (Å²) in [6, 6.07) is 4.27. The molecule has 0 bridgehead atoms. The van der Waals surface area contributed by atoms with E-state index >= 15 is 0 Å². The van der Waals surface area contributed by atoms with E-state index < -0.39 is 14.6 Å². The quantitative estimate of drug-likeness (QED) is 0.862. The van der Waals surface area contributed by atoms with E-state index in [4.69, 9.17) is 15.4 Å². The Hall–Kier alpha value is -1.11. The maximum atomic E-state index is 12.4. The fourth-order valence-corrected chi connectivity index (χ4v) is 3.15. The molecular weight excluding hydrogens is 314 g/mol. The highest BCUT2D eigenvalue weighted by molar-refractivity contribution is 8.13. The maximum Gasteiger partial charge on any atom is 0.261 e. The number of benzene rings is 1. The van der Waals surface area contributed by atoms with Gasteiger partial charge in [-0.1, -0.05) is 6.07 Å². The highest BCUT2D eigenvalue weighted by Crippen LogP contribution is 2.22. The van der Waals surface area contributed by atoms with Crippen molar-refractivity contribution in [3.8, 4) is 0 Å². The Balaban J connectivity index is 2.26. The number of aryl methyl sites for hydroxylation is 1. The van der Waals surface area contributed by atoms with Crippen LogP contribution in [0.5, 0.6) is 0 Å². The van der Waals surface area contributed by atoms with Crippen molar-refractivity contribution in [3.63, 3.8) is 0 Å². The zero-order valence-electron chi connectivity index (χ0n) is 12.0. The van der Waals surface area contributed by atoms with Crippen LogP contribution in [-0.2, 0) is 13.8 Å². The molecule has 0 spiro atoms. The van der Waals surface area contributed by atoms with Crippen molar-refractivity contribution in [2.24, 2.45) is 0 Å². The molecule has 21 heavy (non-hydrogen) atoms. The second kappa shape index (κ2) is 5.94. The highest BCUT2D eigenvalue weighted by Gasteiger charge is 2.30. The van der Waals surface area contributed by atoms with Crippen LogP contribution in [0.2, 0.25) is 0 Å². The van der Waals surface area contributed by atoms with Crippen LogP contribution in [0.25, 0.3) is 0 Å². The number of carbonyl (C=O) groups is 1. The van der Waals surface area contributed by atoms with E-state index in [-0.39, 0.29) is 10.8 Å². The molecule has 1 heterocycles. The van der Waals surface area contributed by atoms with Gasteiger partial charge in [-0.25, -0.2) is 8.42 Å². The van der Waals surface area contributed by atoms with Crippen LogP contribution < -0.4 is 5.32 Å². The number of nitrogens with one attached hydrogen (secondary N) is 1. The van der Waals surface area contributed by atoms with Gasteiger partial charge in [0.25, 0.3) is 15.0 Å². The Bertz CT molecular complexity index is 651. The first-order valence-corrected chi connectivity index (χ1v) is 8.98. The van der Waals surface area contributed by atoms with Crippen LogP contribution in [0.4, 0.5) is 0 Å². The van der Waals surface area contributed by atoms with E-state index in [9.17, 15) is 13.2 Å². The van der Waals surface area contributed by atoms with Crippen LogP contribution in [0.3, 0.4) is 0 Å². The molecule has 116 valence electrons. The summed E-state index contributed by atoms with van der Waals surface area (Å²) in [5.74, 6) is -0.317. The lowest BCUT2D eigenvalue weighted by molar-refractivity contribution is 0.0272. The minimum absolute atomic E-state index is 0.0787. The molecule has 1 atom stereocenters. The van der Waals surface area contributed by atoms with Crippen molar-refractivity contribution in [1.82, 2.24) is 5.32 Å². The van der Waals surface area contributed by atoms with Gasteiger partial charge in [0.05, 0.1) is 17.0 Å². The van der Waals surface area contributed by atoms with Crippen LogP contribution in [0, 0.1) is 6.92 Å². The molecule has 2 rings (SSSR count). The third kappa shape index (κ3) is 3.96. The second-order valence-corrected chi connectivity index (χ2v) is 8.15. The molecule has 1 fully saturated rings. The molecular formula is C14H18ClNO4S. The Morgan fingerprint density at radius 1 is 1.43 bits per heavy atom. The fourth-order valence-electron chi connectivity index (χ4n) is 2.37. The van der Waals surface area contributed by atoms with E-state index in [1.54, 1.807) is 13.0 Å². The molecule has 1 aromatic carbocycles. The summed E-state index contributed by atoms with van der Waals surface area (Å²) < 4.78 is 28.2. The first kappa shape index (κ1) is 16.3. The molecule has 1 aromatic rings. The number of ether oxygens (including phenoxy) is 1. The van der Waals surface area contributed by atoms with E-state index in [0.29, 0.717) is 24.3 Å². The predicted molar refractivity (Wildman–Crippen MR) is 80.1 cm³/mol. The average Bonchev–Trinajstić information content (AvgIpc) is 2.38. The molecule has 1 saturated heterocycles. The summed E-state index contributed by atoms with van der Waals surface area (Å²) in [5.41, 5.74) is 0.567. The van der Waals surface area contributed by atoms with Gasteiger partial charge in [0, 0.05) is 22.9 Å². The summed E-state index contributed by atoms with van der Waals surface area (Å²) in [7, 11) is 1.47. The van der Waals surface area contributed by atoms with Crippen molar-refractivity contribution in [2.45, 2.75) is 37.1 Å². The zero-order valence-corrected chi connectivity index (χ0v) is 13.6. The van der Waals surface area contributed by atoms with Gasteiger partial charge in [0.1, 0.15) is 0 Å². The van der Waals surface area contributed by atoms with Gasteiger partial charge >= 0.3 is 0 Å². The minimum Gasteiger partial charge on any atom is -0.379 e. The minimum atomic E-state index is -3.86. The van der Waals surface area contributed by atoms with E-state index in [2.05, 4.69) is 5.32 Å². The van der Waals surface area contributed by atoms with Gasteiger partial charge < -0.3 is 10.1 Å². The summed E-state index contributed by atoms with van der Waals surface area (Å²) in [6.45, 7) is 4.82. The highest BCUT2D eigenvalue weighted by atomic mass is 35.7. The van der Waals surface area contributed by atoms with Crippen molar-refractivity contribution in [2.75, 3.05) is 13.2 Å². The number of hydrogen-bond acceptors (Lipinski definition) is 4. The number of halogens is 1. The fraction of sp³-hybridized carbons (Fsp3) is 0.500. The first-order valence-electron chi connectivity index (χ1n) is 6.67. The van der Waals surface area contributed by atoms with Crippen LogP contribution in [0.1, 0.15) is 35.7 Å². The Labute approximate surface area is 129 Å². The van der Waals surface area contributed by atoms with Gasteiger partial charge in [-0.15, -0.1) is 0 Å². The average molecular weight is 332 g/mol. The molecule has 0 aromatic heterocycles. The van der Waals surface area contributed by atoms with Gasteiger partial charge in [-0.05, 0) is 44.4 Å². The molecule has 0 radical (unpaired) electrons. The molecule has 0 aliphatic carbocycles. The number of rotatable bonds is 3. The van der Waals surface area contributed by atoms with Crippen molar-refractivity contribution < 1.29 is 17.9 Å². The standard InChI is InChI=1S/C14H18ClNO4S/c1-10-4-5-11(21(15,18)19)8-12(10)13(17)16-14(2)6-3-7-20-9-14/h4-5,8H,3,6-7,9H2,1-2H3,(H,16,17). The molecule has 7 heteroatoms. The topological polar surface area (TPSA) is 72.5 Å². The summed E-state index contributed by atoms with van der Waals surface area (Å²) >= 11 is 0. The SMILES string of the molecule is Cc1ccc(S(=O)(=O)Cl)cc1C(=O)NC1(C)CCCOC1. The monoisotopic (exact) mass is 331 g/mol. The van der Waals surface area contributed by atoms with Crippen molar-refractivity contribution in [1.29, 1.82) is 0 Å². The number of hydrogen-bond donors (Lipinski definition) is 1. The summed E-state index contributed by atoms with van der Waals surface area (Å²) in [4.78, 5) is 12.3. The number of amides is 1. The van der Waals surface area contributed by atoms with E-state index in [1.165, 1.54) is 12.1 Å². The van der Waals surface area contributed by atoms with Gasteiger partial charge in [0.2, 0.25) is 0 Å². The van der Waals surface area contributed by atoms with Gasteiger partial charge in [0.15, 0.2) is 0 Å². The third-order valence-corrected chi connectivity index (χ3v) is 4.94. The van der Waals surface area contributed by atoms with E-state index in [0.717, 1.165) is 12.8 Å². The lowest BCUT2D eigenvalue weighted by Gasteiger charge is -2.34. The lowest BCUT2D eigenvalue weighted by atomic mass is 9.94. The third-order valence-electron chi connectivity index (χ3n) is 3.59. The van der Waals surface area contributed by atoms with Crippen LogP contribution >= 0.6 is 10.7 Å². The van der Waals surface area contributed by atoms with Crippen LogP contribution in [-0.4, -0.2) is 33.1 Å². The van der Waals surface area contributed by atoms with Crippen LogP contribution in [0.15, 0.2) is 23.1 Å². The first-order chi connectivity index (χ1) is 9.71. The Morgan fingerprint density at radius 3 is 2.71 bits per heavy atom. The molecule has 1 aliphatic rings. The van der Waals surface area contributed by atoms with Gasteiger partial charge in [-0.3, -0.25) is 4.79 Å². The largest absolute Gasteiger partial charge is 0.379 e. The lowest BCUT2D eigenvalue weighted by Crippen LogP contribution is -2.51. The Kier molecular flexibility index (Phi) is 4.60. The summed E-state index contributed by atoms with van der Waals surface area (Å²) in [6.07, 6.45) is 1.71. The zero-order chi connectivity index (χ0) is 15.7. The smallest absolute Gasteiger partial charge is 0.261 e. The Morgan fingerprint density at radius 2 is 2.14 bits per heavy atom. The second-order valence-electron chi connectivity index (χ2n) is 5.59. The molecule has 0 saturated carbocycles. The van der Waals surface area contributed by atoms with E-state index in [1.807, 2.05) is 6.92 Å².